The summed E-state index contributed by atoms with van der Waals surface area (Å²) in [6.07, 6.45) is 0. The second-order valence-electron chi connectivity index (χ2n) is 2.68. The van der Waals surface area contributed by atoms with Crippen LogP contribution in [0.3, 0.4) is 0 Å². The van der Waals surface area contributed by atoms with Gasteiger partial charge >= 0.3 is 0 Å². The van der Waals surface area contributed by atoms with Crippen LogP contribution in [0.2, 0.25) is 0 Å². The number of nitrogens with zero attached hydrogens (tertiary/aromatic N) is 1. The predicted octanol–water partition coefficient (Wildman–Crippen LogP) is 2.17. The number of carbonyl (C=O) groups excluding carboxylic acids is 1. The van der Waals surface area contributed by atoms with E-state index >= 15 is 0 Å². The van der Waals surface area contributed by atoms with Crippen LogP contribution in [0.15, 0.2) is 18.2 Å². The van der Waals surface area contributed by atoms with Crippen molar-refractivity contribution < 1.29 is 13.6 Å². The third kappa shape index (κ3) is 2.20. The van der Waals surface area contributed by atoms with Gasteiger partial charge in [0.1, 0.15) is 17.5 Å². The fourth-order valence-electron chi connectivity index (χ4n) is 0.967. The van der Waals surface area contributed by atoms with Gasteiger partial charge in [0.15, 0.2) is 0 Å². The van der Waals surface area contributed by atoms with Crippen LogP contribution in [-0.2, 0) is 4.79 Å². The fraction of sp³-hybridized carbons (Fsp3) is 0.222. The molecule has 0 aliphatic rings. The molecule has 14 heavy (non-hydrogen) atoms. The first-order chi connectivity index (χ1) is 6.56. The summed E-state index contributed by atoms with van der Waals surface area (Å²) in [5.41, 5.74) is -0.115. The minimum Gasteiger partial charge on any atom is -0.312 e. The zero-order valence-corrected chi connectivity index (χ0v) is 8.18. The smallest absolute Gasteiger partial charge is 0.241 e. The fourth-order valence-corrected chi connectivity index (χ4v) is 1.15. The number of benzene rings is 1. The molecule has 0 saturated heterocycles. The Kier molecular flexibility index (Phi) is 3.41. The summed E-state index contributed by atoms with van der Waals surface area (Å²) < 4.78 is 25.9. The number of rotatable bonds is 2. The van der Waals surface area contributed by atoms with Crippen molar-refractivity contribution >= 4 is 23.2 Å². The highest BCUT2D eigenvalue weighted by atomic mass is 35.5. The van der Waals surface area contributed by atoms with Gasteiger partial charge in [-0.25, -0.2) is 8.78 Å². The third-order valence-corrected chi connectivity index (χ3v) is 1.99. The molecule has 1 rings (SSSR count). The molecular weight excluding hydrogens is 212 g/mol. The van der Waals surface area contributed by atoms with Crippen LogP contribution in [0.1, 0.15) is 0 Å². The number of alkyl halides is 1. The highest BCUT2D eigenvalue weighted by molar-refractivity contribution is 6.29. The van der Waals surface area contributed by atoms with Crippen molar-refractivity contribution in [1.82, 2.24) is 0 Å². The van der Waals surface area contributed by atoms with E-state index in [2.05, 4.69) is 0 Å². The van der Waals surface area contributed by atoms with Crippen LogP contribution >= 0.6 is 11.6 Å². The Morgan fingerprint density at radius 1 is 1.50 bits per heavy atom. The Morgan fingerprint density at radius 2 is 2.14 bits per heavy atom. The first kappa shape index (κ1) is 10.9. The molecule has 0 saturated carbocycles. The van der Waals surface area contributed by atoms with Crippen molar-refractivity contribution in [3.8, 4) is 0 Å². The molecule has 1 aromatic rings. The van der Waals surface area contributed by atoms with Crippen molar-refractivity contribution in [2.24, 2.45) is 0 Å². The van der Waals surface area contributed by atoms with E-state index in [9.17, 15) is 13.6 Å². The van der Waals surface area contributed by atoms with Crippen molar-refractivity contribution in [2.75, 3.05) is 17.8 Å². The molecule has 0 bridgehead atoms. The van der Waals surface area contributed by atoms with Crippen LogP contribution in [0.25, 0.3) is 0 Å². The second-order valence-corrected chi connectivity index (χ2v) is 2.95. The van der Waals surface area contributed by atoms with Crippen molar-refractivity contribution in [2.45, 2.75) is 0 Å². The Hall–Kier alpha value is -1.16. The maximum atomic E-state index is 13.1. The highest BCUT2D eigenvalue weighted by Crippen LogP contribution is 2.19. The van der Waals surface area contributed by atoms with E-state index in [1.54, 1.807) is 0 Å². The first-order valence-electron chi connectivity index (χ1n) is 3.84. The molecule has 0 heterocycles. The lowest BCUT2D eigenvalue weighted by atomic mass is 10.2. The van der Waals surface area contributed by atoms with Crippen molar-refractivity contribution in [3.63, 3.8) is 0 Å². The molecule has 0 unspecified atom stereocenters. The van der Waals surface area contributed by atoms with Gasteiger partial charge in [-0.05, 0) is 12.1 Å². The molecule has 0 N–H and O–H groups in total. The molecule has 0 aliphatic carbocycles. The number of anilines is 1. The number of hydrogen-bond donors (Lipinski definition) is 0. The van der Waals surface area contributed by atoms with E-state index in [0.29, 0.717) is 0 Å². The topological polar surface area (TPSA) is 20.3 Å². The number of halogens is 3. The van der Waals surface area contributed by atoms with Crippen molar-refractivity contribution in [3.05, 3.63) is 29.8 Å². The molecule has 5 heteroatoms. The lowest BCUT2D eigenvalue weighted by molar-refractivity contribution is -0.116. The van der Waals surface area contributed by atoms with Gasteiger partial charge in [-0.15, -0.1) is 11.6 Å². The van der Waals surface area contributed by atoms with E-state index < -0.39 is 17.5 Å². The van der Waals surface area contributed by atoms with E-state index in [-0.39, 0.29) is 11.6 Å². The number of hydrogen-bond acceptors (Lipinski definition) is 1. The normalized spacial score (nSPS) is 10.0. The van der Waals surface area contributed by atoms with Crippen molar-refractivity contribution in [1.29, 1.82) is 0 Å². The molecule has 1 amide bonds. The molecule has 0 fully saturated rings. The zero-order chi connectivity index (χ0) is 10.7. The maximum Gasteiger partial charge on any atom is 0.241 e. The average molecular weight is 220 g/mol. The van der Waals surface area contributed by atoms with Crippen LogP contribution in [0.4, 0.5) is 14.5 Å². The Labute approximate surface area is 85.1 Å². The van der Waals surface area contributed by atoms with E-state index in [4.69, 9.17) is 11.6 Å². The standard InChI is InChI=1S/C9H8ClF2NO/c1-13(9(14)5-10)8-4-6(11)2-3-7(8)12/h2-4H,5H2,1H3. The molecule has 2 nitrogen and oxygen atoms in total. The van der Waals surface area contributed by atoms with Gasteiger partial charge in [0.2, 0.25) is 5.91 Å². The summed E-state index contributed by atoms with van der Waals surface area (Å²) >= 11 is 5.28. The maximum absolute atomic E-state index is 13.1. The molecule has 0 aromatic heterocycles. The predicted molar refractivity (Wildman–Crippen MR) is 50.5 cm³/mol. The number of carbonyl (C=O) groups is 1. The quantitative estimate of drug-likeness (QED) is 0.698. The Bertz CT molecular complexity index is 357. The summed E-state index contributed by atoms with van der Waals surface area (Å²) in [7, 11) is 1.34. The average Bonchev–Trinajstić information content (AvgIpc) is 2.19. The molecular formula is C9H8ClF2NO. The summed E-state index contributed by atoms with van der Waals surface area (Å²) in [4.78, 5) is 12.1. The molecule has 76 valence electrons. The summed E-state index contributed by atoms with van der Waals surface area (Å²) in [5, 5.41) is 0. The molecule has 0 spiro atoms. The van der Waals surface area contributed by atoms with Crippen LogP contribution in [0.5, 0.6) is 0 Å². The van der Waals surface area contributed by atoms with Crippen LogP contribution < -0.4 is 4.90 Å². The highest BCUT2D eigenvalue weighted by Gasteiger charge is 2.14. The molecule has 0 atom stereocenters. The SMILES string of the molecule is CN(C(=O)CCl)c1cc(F)ccc1F. The zero-order valence-electron chi connectivity index (χ0n) is 7.43. The Morgan fingerprint density at radius 3 is 2.71 bits per heavy atom. The van der Waals surface area contributed by atoms with E-state index in [1.807, 2.05) is 0 Å². The van der Waals surface area contributed by atoms with Gasteiger partial charge in [-0.2, -0.15) is 0 Å². The summed E-state index contributed by atoms with van der Waals surface area (Å²) in [6.45, 7) is 0. The molecule has 0 aliphatic heterocycles. The Balaban J connectivity index is 3.05. The summed E-state index contributed by atoms with van der Waals surface area (Å²) in [6, 6.07) is 2.89. The van der Waals surface area contributed by atoms with Gasteiger partial charge in [-0.1, -0.05) is 0 Å². The molecule has 0 radical (unpaired) electrons. The first-order valence-corrected chi connectivity index (χ1v) is 4.37. The van der Waals surface area contributed by atoms with Gasteiger partial charge in [0, 0.05) is 13.1 Å². The van der Waals surface area contributed by atoms with Crippen LogP contribution in [-0.4, -0.2) is 18.8 Å². The summed E-state index contributed by atoms with van der Waals surface area (Å²) in [5.74, 6) is -2.02. The van der Waals surface area contributed by atoms with Crippen LogP contribution in [0, 0.1) is 11.6 Å². The van der Waals surface area contributed by atoms with Gasteiger partial charge in [-0.3, -0.25) is 4.79 Å². The minimum absolute atomic E-state index is 0.115. The monoisotopic (exact) mass is 219 g/mol. The third-order valence-electron chi connectivity index (χ3n) is 1.76. The lowest BCUT2D eigenvalue weighted by Crippen LogP contribution is -2.28. The molecule has 1 aromatic carbocycles. The number of amides is 1. The van der Waals surface area contributed by atoms with E-state index in [1.165, 1.54) is 7.05 Å². The van der Waals surface area contributed by atoms with Gasteiger partial charge < -0.3 is 4.90 Å². The van der Waals surface area contributed by atoms with Gasteiger partial charge in [0.25, 0.3) is 0 Å². The lowest BCUT2D eigenvalue weighted by Gasteiger charge is -2.16. The van der Waals surface area contributed by atoms with Gasteiger partial charge in [0.05, 0.1) is 5.69 Å². The largest absolute Gasteiger partial charge is 0.312 e. The van der Waals surface area contributed by atoms with E-state index in [0.717, 1.165) is 23.1 Å². The second kappa shape index (κ2) is 4.37. The minimum atomic E-state index is -0.660.